The molecule has 8 N–H and O–H groups in total. The van der Waals surface area contributed by atoms with Gasteiger partial charge >= 0.3 is 28.5 Å². The summed E-state index contributed by atoms with van der Waals surface area (Å²) in [5.74, 6) is 0.986. The van der Waals surface area contributed by atoms with Crippen LogP contribution in [0.2, 0.25) is 0 Å². The molecule has 0 atom stereocenters. The number of aldehydes is 4. The van der Waals surface area contributed by atoms with Crippen LogP contribution in [0.5, 0.6) is 11.5 Å². The third-order valence-electron chi connectivity index (χ3n) is 6.54. The molecule has 0 aromatic heterocycles. The van der Waals surface area contributed by atoms with Crippen LogP contribution in [-0.4, -0.2) is 108 Å². The second-order valence-corrected chi connectivity index (χ2v) is 9.66. The van der Waals surface area contributed by atoms with Crippen molar-refractivity contribution in [2.75, 3.05) is 14.2 Å². The van der Waals surface area contributed by atoms with Crippen molar-refractivity contribution in [2.24, 2.45) is 0 Å². The van der Waals surface area contributed by atoms with Crippen LogP contribution < -0.4 is 31.3 Å². The summed E-state index contributed by atoms with van der Waals surface area (Å²) in [4.78, 5) is 41.8. The molecule has 0 aliphatic carbocycles. The number of benzene rings is 4. The van der Waals surface area contributed by atoms with Crippen LogP contribution in [0.15, 0.2) is 78.9 Å². The molecule has 0 saturated heterocycles. The first-order chi connectivity index (χ1) is 23.3. The first-order valence-electron chi connectivity index (χ1n) is 14.1. The van der Waals surface area contributed by atoms with Crippen molar-refractivity contribution in [1.82, 2.24) is 0 Å². The largest absolute Gasteiger partial charge is 0.497 e. The molecule has 0 amide bonds. The van der Waals surface area contributed by atoms with Gasteiger partial charge in [-0.2, -0.15) is 0 Å². The van der Waals surface area contributed by atoms with E-state index < -0.39 is 28.5 Å². The number of methoxy groups -OCH3 is 2. The number of rotatable bonds is 10. The Labute approximate surface area is 283 Å². The highest BCUT2D eigenvalue weighted by molar-refractivity contribution is 6.61. The summed E-state index contributed by atoms with van der Waals surface area (Å²) in [5, 5.41) is 70.8. The minimum absolute atomic E-state index is 0.148. The summed E-state index contributed by atoms with van der Waals surface area (Å²) in [5.41, 5.74) is 2.65. The van der Waals surface area contributed by atoms with Crippen molar-refractivity contribution in [1.29, 1.82) is 0 Å². The van der Waals surface area contributed by atoms with E-state index >= 15 is 0 Å². The molecule has 4 rings (SSSR count). The first kappa shape index (κ1) is 42.1. The van der Waals surface area contributed by atoms with E-state index in [0.29, 0.717) is 53.3 Å². The van der Waals surface area contributed by atoms with Crippen LogP contribution in [-0.2, 0) is 0 Å². The molecule has 0 heterocycles. The Balaban J connectivity index is 0.000000327. The van der Waals surface area contributed by atoms with E-state index in [4.69, 9.17) is 49.7 Å². The average molecular weight is 674 g/mol. The van der Waals surface area contributed by atoms with Gasteiger partial charge in [0.15, 0.2) is 0 Å². The zero-order valence-corrected chi connectivity index (χ0v) is 26.7. The third-order valence-corrected chi connectivity index (χ3v) is 6.54. The summed E-state index contributed by atoms with van der Waals surface area (Å²) < 4.78 is 9.74. The van der Waals surface area contributed by atoms with Gasteiger partial charge in [0.1, 0.15) is 36.6 Å². The van der Waals surface area contributed by atoms with Gasteiger partial charge in [-0.1, -0.05) is 54.1 Å². The van der Waals surface area contributed by atoms with Crippen LogP contribution in [0.4, 0.5) is 0 Å². The molecular formula is C31H34B4O14. The monoisotopic (exact) mass is 674 g/mol. The van der Waals surface area contributed by atoms with Crippen LogP contribution >= 0.6 is 0 Å². The lowest BCUT2D eigenvalue weighted by atomic mass is 9.74. The molecule has 14 nitrogen and oxygen atoms in total. The highest BCUT2D eigenvalue weighted by Gasteiger charge is 2.18. The Bertz CT molecular complexity index is 1670. The lowest BCUT2D eigenvalue weighted by Crippen LogP contribution is -2.35. The van der Waals surface area contributed by atoms with E-state index in [2.05, 4.69) is 0 Å². The highest BCUT2D eigenvalue weighted by Crippen LogP contribution is 2.10. The number of carbonyl (C=O) groups excluding carboxylic acids is 4. The van der Waals surface area contributed by atoms with E-state index in [9.17, 15) is 19.2 Å². The lowest BCUT2D eigenvalue weighted by Gasteiger charge is -2.06. The van der Waals surface area contributed by atoms with Gasteiger partial charge < -0.3 is 49.7 Å². The summed E-state index contributed by atoms with van der Waals surface area (Å²) in [6, 6.07) is 20.2. The molecule has 4 aromatic carbocycles. The molecule has 0 aliphatic rings. The van der Waals surface area contributed by atoms with E-state index in [-0.39, 0.29) is 33.0 Å². The molecule has 49 heavy (non-hydrogen) atoms. The van der Waals surface area contributed by atoms with Gasteiger partial charge in [-0.3, -0.25) is 19.2 Å². The zero-order valence-electron chi connectivity index (χ0n) is 26.7. The van der Waals surface area contributed by atoms with Crippen LogP contribution in [0, 0.1) is 6.92 Å². The fourth-order valence-electron chi connectivity index (χ4n) is 4.04. The Kier molecular flexibility index (Phi) is 18.8. The number of aryl methyl sites for hydroxylation is 1. The van der Waals surface area contributed by atoms with Crippen molar-refractivity contribution >= 4 is 75.5 Å². The maximum atomic E-state index is 10.5. The van der Waals surface area contributed by atoms with E-state index in [1.807, 2.05) is 0 Å². The van der Waals surface area contributed by atoms with Crippen molar-refractivity contribution in [3.8, 4) is 11.5 Å². The Morgan fingerprint density at radius 1 is 0.469 bits per heavy atom. The molecule has 0 unspecified atom stereocenters. The summed E-state index contributed by atoms with van der Waals surface area (Å²) in [7, 11) is -3.51. The number of hydrogen-bond donors (Lipinski definition) is 8. The molecule has 4 aromatic rings. The maximum absolute atomic E-state index is 10.5. The quantitative estimate of drug-likeness (QED) is 0.0619. The Hall–Kier alpha value is -4.90. The van der Waals surface area contributed by atoms with Crippen molar-refractivity contribution < 1.29 is 68.8 Å². The van der Waals surface area contributed by atoms with Gasteiger partial charge in [0.2, 0.25) is 0 Å². The van der Waals surface area contributed by atoms with Gasteiger partial charge in [0.05, 0.1) is 14.2 Å². The average Bonchev–Trinajstić information content (AvgIpc) is 3.11. The molecule has 0 spiro atoms. The maximum Gasteiger partial charge on any atom is 0.489 e. The number of hydrogen-bond acceptors (Lipinski definition) is 14. The van der Waals surface area contributed by atoms with Crippen LogP contribution in [0.3, 0.4) is 0 Å². The molecule has 0 radical (unpaired) electrons. The first-order valence-corrected chi connectivity index (χ1v) is 14.1. The number of carbonyl (C=O) groups is 4. The second-order valence-electron chi connectivity index (χ2n) is 9.66. The van der Waals surface area contributed by atoms with Gasteiger partial charge in [-0.15, -0.1) is 0 Å². The number of ether oxygens (including phenoxy) is 2. The van der Waals surface area contributed by atoms with Crippen molar-refractivity contribution in [3.63, 3.8) is 0 Å². The van der Waals surface area contributed by atoms with Crippen molar-refractivity contribution in [2.45, 2.75) is 6.92 Å². The topological polar surface area (TPSA) is 249 Å². The second kappa shape index (κ2) is 21.9. The van der Waals surface area contributed by atoms with Crippen LogP contribution in [0.1, 0.15) is 47.0 Å². The normalized spacial score (nSPS) is 9.45. The fourth-order valence-corrected chi connectivity index (χ4v) is 4.04. The molecule has 254 valence electrons. The van der Waals surface area contributed by atoms with Gasteiger partial charge in [0, 0.05) is 22.3 Å². The summed E-state index contributed by atoms with van der Waals surface area (Å²) in [6.45, 7) is 1.72. The highest BCUT2D eigenvalue weighted by atomic mass is 16.5. The van der Waals surface area contributed by atoms with E-state index in [0.717, 1.165) is 0 Å². The van der Waals surface area contributed by atoms with Gasteiger partial charge in [-0.25, -0.2) is 0 Å². The molecule has 0 aliphatic heterocycles. The molecular weight excluding hydrogens is 640 g/mol. The smallest absolute Gasteiger partial charge is 0.489 e. The van der Waals surface area contributed by atoms with E-state index in [1.165, 1.54) is 50.6 Å². The lowest BCUT2D eigenvalue weighted by molar-refractivity contribution is 0.111. The Morgan fingerprint density at radius 3 is 1.37 bits per heavy atom. The molecule has 0 fully saturated rings. The fraction of sp³-hybridized carbons (Fsp3) is 0.0968. The standard InChI is InChI=1S/2C8H9BO4.C8H9BO3.C7H7BO3/c1-13-7-2-3-8(9(11)12)6(4-7)5-10;1-13-7-3-2-6(5-10)8(4-7)9(11)12;1-6-3-2-4-7(5-10)8(6)9(11)12;9-5-6-3-1-2-4-7(6)8(10)11/h2*2-5,11-12H,1H3;2-5,11-12H,1H3;1-5,10-11H. The zero-order chi connectivity index (χ0) is 37.1. The van der Waals surface area contributed by atoms with E-state index in [1.54, 1.807) is 49.4 Å². The molecule has 0 saturated carbocycles. The van der Waals surface area contributed by atoms with Crippen molar-refractivity contribution in [3.05, 3.63) is 107 Å². The Morgan fingerprint density at radius 2 is 0.918 bits per heavy atom. The van der Waals surface area contributed by atoms with Gasteiger partial charge in [0.25, 0.3) is 0 Å². The molecule has 0 bridgehead atoms. The summed E-state index contributed by atoms with van der Waals surface area (Å²) in [6.07, 6.45) is 2.32. The third kappa shape index (κ3) is 13.3. The minimum Gasteiger partial charge on any atom is -0.497 e. The SMILES string of the molecule is COc1ccc(B(O)O)c(C=O)c1.COc1ccc(C=O)c(B(O)O)c1.Cc1cccc(C=O)c1B(O)O.O=Cc1ccccc1B(O)O. The predicted molar refractivity (Wildman–Crippen MR) is 184 cm³/mol. The predicted octanol–water partition coefficient (Wildman–Crippen LogP) is -2.96. The summed E-state index contributed by atoms with van der Waals surface area (Å²) >= 11 is 0. The van der Waals surface area contributed by atoms with Gasteiger partial charge in [-0.05, 0) is 59.1 Å². The molecule has 18 heteroatoms. The van der Waals surface area contributed by atoms with Crippen LogP contribution in [0.25, 0.3) is 0 Å². The minimum atomic E-state index is -1.66.